The van der Waals surface area contributed by atoms with Gasteiger partial charge >= 0.3 is 0 Å². The molecule has 0 aliphatic carbocycles. The fraction of sp³-hybridized carbons (Fsp3) is 0.0909. The van der Waals surface area contributed by atoms with E-state index in [4.69, 9.17) is 9.15 Å². The summed E-state index contributed by atoms with van der Waals surface area (Å²) in [5.74, 6) is 1.10. The monoisotopic (exact) mass is 436 g/mol. The van der Waals surface area contributed by atoms with Gasteiger partial charge in [-0.25, -0.2) is 4.98 Å². The Morgan fingerprint density at radius 1 is 1.00 bits per heavy atom. The zero-order chi connectivity index (χ0) is 19.3. The summed E-state index contributed by atoms with van der Waals surface area (Å²) in [5, 5.41) is 2.82. The first-order valence-electron chi connectivity index (χ1n) is 8.77. The summed E-state index contributed by atoms with van der Waals surface area (Å²) in [5.41, 5.74) is 3.40. The molecule has 0 unspecified atom stereocenters. The summed E-state index contributed by atoms with van der Waals surface area (Å²) in [4.78, 5) is 16.5. The number of carbonyl (C=O) groups excluding carboxylic acids is 1. The molecule has 28 heavy (non-hydrogen) atoms. The summed E-state index contributed by atoms with van der Waals surface area (Å²) < 4.78 is 12.2. The van der Waals surface area contributed by atoms with E-state index in [1.54, 1.807) is 12.1 Å². The quantitative estimate of drug-likeness (QED) is 0.451. The van der Waals surface area contributed by atoms with Crippen LogP contribution in [0, 0.1) is 0 Å². The van der Waals surface area contributed by atoms with Crippen LogP contribution in [0.5, 0.6) is 5.75 Å². The number of carbonyl (C=O) groups is 1. The number of oxazole rings is 1. The lowest BCUT2D eigenvalue weighted by Gasteiger charge is -2.08. The molecule has 0 bridgehead atoms. The maximum absolute atomic E-state index is 12.1. The fourth-order valence-corrected chi connectivity index (χ4v) is 3.02. The number of fused-ring (bicyclic) bond motifs is 1. The van der Waals surface area contributed by atoms with E-state index in [1.165, 1.54) is 0 Å². The van der Waals surface area contributed by atoms with Crippen molar-refractivity contribution in [3.63, 3.8) is 0 Å². The van der Waals surface area contributed by atoms with E-state index in [2.05, 4.69) is 26.2 Å². The molecule has 0 radical (unpaired) electrons. The van der Waals surface area contributed by atoms with Gasteiger partial charge in [0.1, 0.15) is 11.3 Å². The second-order valence-electron chi connectivity index (χ2n) is 6.24. The van der Waals surface area contributed by atoms with Crippen LogP contribution in [0.2, 0.25) is 0 Å². The highest BCUT2D eigenvalue weighted by Crippen LogP contribution is 2.19. The Balaban J connectivity index is 1.32. The Hall–Kier alpha value is -3.12. The van der Waals surface area contributed by atoms with Crippen molar-refractivity contribution >= 4 is 38.6 Å². The molecule has 1 N–H and O–H groups in total. The summed E-state index contributed by atoms with van der Waals surface area (Å²) in [7, 11) is 0. The number of halogens is 1. The first-order valence-corrected chi connectivity index (χ1v) is 9.57. The third kappa shape index (κ3) is 4.58. The molecule has 5 nitrogen and oxygen atoms in total. The Kier molecular flexibility index (Phi) is 5.39. The number of rotatable bonds is 6. The van der Waals surface area contributed by atoms with E-state index < -0.39 is 0 Å². The molecule has 0 saturated heterocycles. The topological polar surface area (TPSA) is 64.4 Å². The van der Waals surface area contributed by atoms with Crippen LogP contribution in [0.4, 0.5) is 5.69 Å². The zero-order valence-corrected chi connectivity index (χ0v) is 16.5. The van der Waals surface area contributed by atoms with Gasteiger partial charge in [0, 0.05) is 16.6 Å². The third-order valence-electron chi connectivity index (χ3n) is 4.11. The van der Waals surface area contributed by atoms with Gasteiger partial charge in [0.2, 0.25) is 0 Å². The minimum atomic E-state index is -0.213. The average molecular weight is 437 g/mol. The van der Waals surface area contributed by atoms with Crippen LogP contribution < -0.4 is 10.1 Å². The van der Waals surface area contributed by atoms with E-state index in [0.717, 1.165) is 21.1 Å². The van der Waals surface area contributed by atoms with Gasteiger partial charge in [0.15, 0.2) is 18.1 Å². The van der Waals surface area contributed by atoms with Gasteiger partial charge in [-0.15, -0.1) is 0 Å². The molecule has 0 aliphatic heterocycles. The van der Waals surface area contributed by atoms with Gasteiger partial charge < -0.3 is 14.5 Å². The molecule has 0 saturated carbocycles. The maximum Gasteiger partial charge on any atom is 0.262 e. The minimum absolute atomic E-state index is 0.0493. The summed E-state index contributed by atoms with van der Waals surface area (Å²) >= 11 is 3.36. The SMILES string of the molecule is O=C(COc1ccc(Br)cc1)Nc1ccc(Cc2nc3ccccc3o2)cc1. The van der Waals surface area contributed by atoms with Gasteiger partial charge in [-0.05, 0) is 54.1 Å². The number of ether oxygens (including phenoxy) is 1. The van der Waals surface area contributed by atoms with Crippen LogP contribution in [0.25, 0.3) is 11.1 Å². The van der Waals surface area contributed by atoms with E-state index >= 15 is 0 Å². The van der Waals surface area contributed by atoms with E-state index in [0.29, 0.717) is 23.7 Å². The molecule has 0 spiro atoms. The molecule has 1 heterocycles. The first-order chi connectivity index (χ1) is 13.7. The fourth-order valence-electron chi connectivity index (χ4n) is 2.75. The van der Waals surface area contributed by atoms with Crippen LogP contribution in [-0.2, 0) is 11.2 Å². The molecular formula is C22H17BrN2O3. The van der Waals surface area contributed by atoms with Crippen molar-refractivity contribution in [2.75, 3.05) is 11.9 Å². The van der Waals surface area contributed by atoms with Gasteiger partial charge in [-0.1, -0.05) is 40.2 Å². The van der Waals surface area contributed by atoms with Gasteiger partial charge in [-0.2, -0.15) is 0 Å². The van der Waals surface area contributed by atoms with E-state index in [9.17, 15) is 4.79 Å². The number of amides is 1. The van der Waals surface area contributed by atoms with Crippen LogP contribution in [0.15, 0.2) is 81.7 Å². The number of para-hydroxylation sites is 2. The van der Waals surface area contributed by atoms with Crippen molar-refractivity contribution in [1.29, 1.82) is 0 Å². The Morgan fingerprint density at radius 2 is 1.75 bits per heavy atom. The molecule has 0 atom stereocenters. The maximum atomic E-state index is 12.1. The number of hydrogen-bond donors (Lipinski definition) is 1. The first kappa shape index (κ1) is 18.3. The van der Waals surface area contributed by atoms with Crippen molar-refractivity contribution < 1.29 is 13.9 Å². The number of hydrogen-bond acceptors (Lipinski definition) is 4. The van der Waals surface area contributed by atoms with E-state index in [1.807, 2.05) is 60.7 Å². The average Bonchev–Trinajstić information content (AvgIpc) is 3.11. The molecule has 1 aromatic heterocycles. The third-order valence-corrected chi connectivity index (χ3v) is 4.64. The number of nitrogens with one attached hydrogen (secondary N) is 1. The van der Waals surface area contributed by atoms with Crippen molar-refractivity contribution in [3.8, 4) is 5.75 Å². The van der Waals surface area contributed by atoms with Crippen molar-refractivity contribution in [2.24, 2.45) is 0 Å². The lowest BCUT2D eigenvalue weighted by molar-refractivity contribution is -0.118. The number of aromatic nitrogens is 1. The molecule has 4 aromatic rings. The Morgan fingerprint density at radius 3 is 2.50 bits per heavy atom. The Bertz CT molecular complexity index is 1060. The van der Waals surface area contributed by atoms with Crippen LogP contribution >= 0.6 is 15.9 Å². The second-order valence-corrected chi connectivity index (χ2v) is 7.16. The smallest absolute Gasteiger partial charge is 0.262 e. The molecule has 0 fully saturated rings. The van der Waals surface area contributed by atoms with E-state index in [-0.39, 0.29) is 12.5 Å². The number of nitrogens with zero attached hydrogens (tertiary/aromatic N) is 1. The molecule has 4 rings (SSSR count). The summed E-state index contributed by atoms with van der Waals surface area (Å²) in [6.07, 6.45) is 0.593. The summed E-state index contributed by atoms with van der Waals surface area (Å²) in [6.45, 7) is -0.0493. The van der Waals surface area contributed by atoms with Gasteiger partial charge in [0.05, 0.1) is 0 Å². The highest BCUT2D eigenvalue weighted by Gasteiger charge is 2.07. The van der Waals surface area contributed by atoms with Crippen LogP contribution in [0.3, 0.4) is 0 Å². The predicted octanol–water partition coefficient (Wildman–Crippen LogP) is 5.20. The second kappa shape index (κ2) is 8.27. The largest absolute Gasteiger partial charge is 0.484 e. The van der Waals surface area contributed by atoms with Crippen LogP contribution in [-0.4, -0.2) is 17.5 Å². The lowest BCUT2D eigenvalue weighted by Crippen LogP contribution is -2.20. The van der Waals surface area contributed by atoms with Crippen LogP contribution in [0.1, 0.15) is 11.5 Å². The molecule has 1 amide bonds. The van der Waals surface area contributed by atoms with Crippen molar-refractivity contribution in [2.45, 2.75) is 6.42 Å². The van der Waals surface area contributed by atoms with Crippen molar-refractivity contribution in [3.05, 3.63) is 88.7 Å². The van der Waals surface area contributed by atoms with Gasteiger partial charge in [-0.3, -0.25) is 4.79 Å². The highest BCUT2D eigenvalue weighted by atomic mass is 79.9. The number of benzene rings is 3. The number of anilines is 1. The normalized spacial score (nSPS) is 10.8. The minimum Gasteiger partial charge on any atom is -0.484 e. The zero-order valence-electron chi connectivity index (χ0n) is 14.9. The molecule has 140 valence electrons. The Labute approximate surface area is 170 Å². The summed E-state index contributed by atoms with van der Waals surface area (Å²) in [6, 6.07) is 22.6. The standard InChI is InChI=1S/C22H17BrN2O3/c23-16-7-11-18(12-8-16)27-14-21(26)24-17-9-5-15(6-10-17)13-22-25-19-3-1-2-4-20(19)28-22/h1-12H,13-14H2,(H,24,26). The molecular weight excluding hydrogens is 420 g/mol. The lowest BCUT2D eigenvalue weighted by atomic mass is 10.1. The molecule has 3 aromatic carbocycles. The van der Waals surface area contributed by atoms with Crippen molar-refractivity contribution in [1.82, 2.24) is 4.98 Å². The van der Waals surface area contributed by atoms with Gasteiger partial charge in [0.25, 0.3) is 5.91 Å². The highest BCUT2D eigenvalue weighted by molar-refractivity contribution is 9.10. The molecule has 0 aliphatic rings. The predicted molar refractivity (Wildman–Crippen MR) is 112 cm³/mol. The molecule has 6 heteroatoms.